The second kappa shape index (κ2) is 15.5. The van der Waals surface area contributed by atoms with E-state index in [2.05, 4.69) is 15.9 Å². The molecule has 0 spiro atoms. The normalized spacial score (nSPS) is 11.3. The summed E-state index contributed by atoms with van der Waals surface area (Å²) in [6, 6.07) is 0. The maximum atomic E-state index is 5.53. The largest absolute Gasteiger partial charge is 0.353 e. The first-order chi connectivity index (χ1) is 8.85. The Hall–Kier alpha value is 0.400. The van der Waals surface area contributed by atoms with Crippen LogP contribution in [-0.4, -0.2) is 24.8 Å². The SMILES string of the molecule is CCOC(CCCCCCCCCCBr)OCC. The van der Waals surface area contributed by atoms with Crippen LogP contribution in [0.4, 0.5) is 0 Å². The lowest BCUT2D eigenvalue weighted by atomic mass is 10.1. The third-order valence-corrected chi connectivity index (χ3v) is 3.59. The minimum Gasteiger partial charge on any atom is -0.353 e. The van der Waals surface area contributed by atoms with Crippen LogP contribution in [0.25, 0.3) is 0 Å². The molecule has 2 nitrogen and oxygen atoms in total. The van der Waals surface area contributed by atoms with Crippen molar-refractivity contribution in [3.05, 3.63) is 0 Å². The van der Waals surface area contributed by atoms with E-state index in [9.17, 15) is 0 Å². The average Bonchev–Trinajstić information content (AvgIpc) is 2.37. The highest BCUT2D eigenvalue weighted by molar-refractivity contribution is 9.09. The zero-order chi connectivity index (χ0) is 13.5. The van der Waals surface area contributed by atoms with Gasteiger partial charge in [-0.3, -0.25) is 0 Å². The van der Waals surface area contributed by atoms with Crippen molar-refractivity contribution in [2.45, 2.75) is 77.9 Å². The molecule has 0 aliphatic rings. The van der Waals surface area contributed by atoms with Crippen LogP contribution in [0.15, 0.2) is 0 Å². The van der Waals surface area contributed by atoms with Gasteiger partial charge in [0, 0.05) is 18.5 Å². The molecule has 0 amide bonds. The van der Waals surface area contributed by atoms with Crippen LogP contribution < -0.4 is 0 Å². The third-order valence-electron chi connectivity index (χ3n) is 3.03. The average molecular weight is 323 g/mol. The summed E-state index contributed by atoms with van der Waals surface area (Å²) in [6.45, 7) is 5.55. The summed E-state index contributed by atoms with van der Waals surface area (Å²) in [6.07, 6.45) is 11.9. The zero-order valence-corrected chi connectivity index (χ0v) is 13.8. The highest BCUT2D eigenvalue weighted by Crippen LogP contribution is 2.12. The Morgan fingerprint density at radius 1 is 0.722 bits per heavy atom. The van der Waals surface area contributed by atoms with E-state index in [1.54, 1.807) is 0 Å². The van der Waals surface area contributed by atoms with Gasteiger partial charge in [-0.05, 0) is 33.1 Å². The molecule has 0 N–H and O–H groups in total. The summed E-state index contributed by atoms with van der Waals surface area (Å²) in [5, 5.41) is 1.16. The Balaban J connectivity index is 3.21. The number of hydrogen-bond acceptors (Lipinski definition) is 2. The smallest absolute Gasteiger partial charge is 0.157 e. The summed E-state index contributed by atoms with van der Waals surface area (Å²) in [7, 11) is 0. The van der Waals surface area contributed by atoms with Gasteiger partial charge < -0.3 is 9.47 Å². The monoisotopic (exact) mass is 322 g/mol. The van der Waals surface area contributed by atoms with E-state index in [0.29, 0.717) is 0 Å². The van der Waals surface area contributed by atoms with Crippen molar-refractivity contribution in [2.24, 2.45) is 0 Å². The van der Waals surface area contributed by atoms with Gasteiger partial charge in [0.15, 0.2) is 6.29 Å². The van der Waals surface area contributed by atoms with Gasteiger partial charge in [0.1, 0.15) is 0 Å². The molecule has 0 rings (SSSR count). The van der Waals surface area contributed by atoms with Gasteiger partial charge in [0.05, 0.1) is 0 Å². The van der Waals surface area contributed by atoms with Gasteiger partial charge in [0.2, 0.25) is 0 Å². The van der Waals surface area contributed by atoms with Crippen LogP contribution >= 0.6 is 15.9 Å². The second-order valence-electron chi connectivity index (χ2n) is 4.65. The molecular formula is C15H31BrO2. The van der Waals surface area contributed by atoms with Gasteiger partial charge in [0.25, 0.3) is 0 Å². The van der Waals surface area contributed by atoms with Gasteiger partial charge in [-0.25, -0.2) is 0 Å². The topological polar surface area (TPSA) is 18.5 Å². The van der Waals surface area contributed by atoms with Crippen molar-refractivity contribution in [1.82, 2.24) is 0 Å². The van der Waals surface area contributed by atoms with Crippen LogP contribution in [0.3, 0.4) is 0 Å². The Kier molecular flexibility index (Phi) is 15.8. The number of halogens is 1. The van der Waals surface area contributed by atoms with Crippen molar-refractivity contribution >= 4 is 15.9 Å². The van der Waals surface area contributed by atoms with Crippen molar-refractivity contribution in [2.75, 3.05) is 18.5 Å². The molecule has 0 bridgehead atoms. The van der Waals surface area contributed by atoms with Gasteiger partial charge in [-0.1, -0.05) is 54.5 Å². The van der Waals surface area contributed by atoms with E-state index >= 15 is 0 Å². The summed E-state index contributed by atoms with van der Waals surface area (Å²) < 4.78 is 11.1. The number of rotatable bonds is 14. The van der Waals surface area contributed by atoms with Gasteiger partial charge >= 0.3 is 0 Å². The molecule has 18 heavy (non-hydrogen) atoms. The minimum atomic E-state index is 0.0268. The minimum absolute atomic E-state index is 0.0268. The molecule has 3 heteroatoms. The molecule has 110 valence electrons. The Labute approximate surface area is 122 Å². The fourth-order valence-corrected chi connectivity index (χ4v) is 2.45. The Morgan fingerprint density at radius 2 is 1.17 bits per heavy atom. The second-order valence-corrected chi connectivity index (χ2v) is 5.44. The predicted octanol–water partition coefficient (Wildman–Crippen LogP) is 5.29. The number of unbranched alkanes of at least 4 members (excludes halogenated alkanes) is 7. The summed E-state index contributed by atoms with van der Waals surface area (Å²) >= 11 is 3.47. The summed E-state index contributed by atoms with van der Waals surface area (Å²) in [4.78, 5) is 0. The molecule has 0 aromatic rings. The van der Waals surface area contributed by atoms with Crippen LogP contribution in [0.1, 0.15) is 71.6 Å². The van der Waals surface area contributed by atoms with Crippen LogP contribution in [0, 0.1) is 0 Å². The lowest BCUT2D eigenvalue weighted by Crippen LogP contribution is -2.17. The summed E-state index contributed by atoms with van der Waals surface area (Å²) in [5.41, 5.74) is 0. The Bertz CT molecular complexity index is 147. The first-order valence-electron chi connectivity index (χ1n) is 7.64. The van der Waals surface area contributed by atoms with E-state index in [0.717, 1.165) is 25.0 Å². The maximum Gasteiger partial charge on any atom is 0.157 e. The maximum absolute atomic E-state index is 5.53. The molecule has 0 radical (unpaired) electrons. The molecule has 0 aliphatic carbocycles. The fraction of sp³-hybridized carbons (Fsp3) is 1.00. The zero-order valence-electron chi connectivity index (χ0n) is 12.3. The molecule has 0 atom stereocenters. The van der Waals surface area contributed by atoms with Crippen molar-refractivity contribution in [1.29, 1.82) is 0 Å². The molecule has 0 saturated carbocycles. The van der Waals surface area contributed by atoms with Crippen LogP contribution in [0.5, 0.6) is 0 Å². The molecule has 0 unspecified atom stereocenters. The summed E-state index contributed by atoms with van der Waals surface area (Å²) in [5.74, 6) is 0. The lowest BCUT2D eigenvalue weighted by Gasteiger charge is -2.16. The lowest BCUT2D eigenvalue weighted by molar-refractivity contribution is -0.140. The van der Waals surface area contributed by atoms with Crippen molar-refractivity contribution in [3.8, 4) is 0 Å². The van der Waals surface area contributed by atoms with Crippen molar-refractivity contribution < 1.29 is 9.47 Å². The number of hydrogen-bond donors (Lipinski definition) is 0. The molecule has 0 aliphatic heterocycles. The van der Waals surface area contributed by atoms with Gasteiger partial charge in [-0.2, -0.15) is 0 Å². The molecule has 0 saturated heterocycles. The van der Waals surface area contributed by atoms with E-state index < -0.39 is 0 Å². The van der Waals surface area contributed by atoms with Crippen LogP contribution in [-0.2, 0) is 9.47 Å². The van der Waals surface area contributed by atoms with E-state index in [-0.39, 0.29) is 6.29 Å². The van der Waals surface area contributed by atoms with Crippen molar-refractivity contribution in [3.63, 3.8) is 0 Å². The molecular weight excluding hydrogens is 292 g/mol. The number of ether oxygens (including phenoxy) is 2. The van der Waals surface area contributed by atoms with E-state index in [4.69, 9.17) is 9.47 Å². The standard InChI is InChI=1S/C15H31BrO2/c1-3-17-15(18-4-2)13-11-9-7-5-6-8-10-12-14-16/h15H,3-14H2,1-2H3. The van der Waals surface area contributed by atoms with Crippen LogP contribution in [0.2, 0.25) is 0 Å². The predicted molar refractivity (Wildman–Crippen MR) is 82.4 cm³/mol. The number of alkyl halides is 1. The Morgan fingerprint density at radius 3 is 1.61 bits per heavy atom. The quantitative estimate of drug-likeness (QED) is 0.246. The molecule has 0 aromatic heterocycles. The molecule has 0 fully saturated rings. The third kappa shape index (κ3) is 12.8. The fourth-order valence-electron chi connectivity index (χ4n) is 2.05. The van der Waals surface area contributed by atoms with Gasteiger partial charge in [-0.15, -0.1) is 0 Å². The van der Waals surface area contributed by atoms with E-state index in [1.807, 2.05) is 13.8 Å². The molecule has 0 aromatic carbocycles. The first-order valence-corrected chi connectivity index (χ1v) is 8.76. The first kappa shape index (κ1) is 18.4. The van der Waals surface area contributed by atoms with E-state index in [1.165, 1.54) is 51.4 Å². The highest BCUT2D eigenvalue weighted by Gasteiger charge is 2.06. The highest BCUT2D eigenvalue weighted by atomic mass is 79.9. The molecule has 0 heterocycles.